The average molecular weight is 384 g/mol. The lowest BCUT2D eigenvalue weighted by molar-refractivity contribution is -0.117. The number of anilines is 1. The summed E-state index contributed by atoms with van der Waals surface area (Å²) in [5.41, 5.74) is 3.78. The largest absolute Gasteiger partial charge is 0.322 e. The third-order valence-corrected chi connectivity index (χ3v) is 6.59. The number of nitrogens with zero attached hydrogens (tertiary/aromatic N) is 4. The first-order chi connectivity index (χ1) is 13.0. The van der Waals surface area contributed by atoms with Gasteiger partial charge in [0.2, 0.25) is 5.91 Å². The van der Waals surface area contributed by atoms with Crippen molar-refractivity contribution in [1.29, 1.82) is 0 Å². The Morgan fingerprint density at radius 3 is 2.67 bits per heavy atom. The number of aryl methyl sites for hydroxylation is 2. The zero-order valence-corrected chi connectivity index (χ0v) is 16.8. The molecule has 4 rings (SSSR count). The molecule has 1 aromatic carbocycles. The van der Waals surface area contributed by atoms with Crippen molar-refractivity contribution in [1.82, 2.24) is 19.7 Å². The van der Waals surface area contributed by atoms with E-state index in [0.29, 0.717) is 12.5 Å². The SMILES string of the molecule is Cc1nn(C)c(C)c1NC(=O)CN1CCC(c2nc3ccccc3s2)CC1. The van der Waals surface area contributed by atoms with Crippen LogP contribution in [0, 0.1) is 13.8 Å². The predicted molar refractivity (Wildman–Crippen MR) is 109 cm³/mol. The Morgan fingerprint density at radius 2 is 2.00 bits per heavy atom. The van der Waals surface area contributed by atoms with Crippen LogP contribution in [0.5, 0.6) is 0 Å². The fourth-order valence-electron chi connectivity index (χ4n) is 3.74. The van der Waals surface area contributed by atoms with Crippen molar-refractivity contribution in [2.24, 2.45) is 7.05 Å². The van der Waals surface area contributed by atoms with E-state index in [4.69, 9.17) is 4.98 Å². The van der Waals surface area contributed by atoms with Crippen molar-refractivity contribution < 1.29 is 4.79 Å². The van der Waals surface area contributed by atoms with E-state index >= 15 is 0 Å². The second-order valence-corrected chi connectivity index (χ2v) is 8.35. The van der Waals surface area contributed by atoms with E-state index in [2.05, 4.69) is 33.5 Å². The van der Waals surface area contributed by atoms with Crippen molar-refractivity contribution >= 4 is 33.1 Å². The van der Waals surface area contributed by atoms with Crippen LogP contribution in [0.4, 0.5) is 5.69 Å². The number of fused-ring (bicyclic) bond motifs is 1. The summed E-state index contributed by atoms with van der Waals surface area (Å²) in [4.78, 5) is 19.5. The Labute approximate surface area is 163 Å². The number of hydrogen-bond acceptors (Lipinski definition) is 5. The number of hydrogen-bond donors (Lipinski definition) is 1. The third kappa shape index (κ3) is 3.75. The van der Waals surface area contributed by atoms with E-state index in [1.807, 2.05) is 38.3 Å². The van der Waals surface area contributed by atoms with Crippen LogP contribution in [-0.2, 0) is 11.8 Å². The molecule has 27 heavy (non-hydrogen) atoms. The molecule has 0 radical (unpaired) electrons. The number of aromatic nitrogens is 3. The number of likely N-dealkylation sites (tertiary alicyclic amines) is 1. The summed E-state index contributed by atoms with van der Waals surface area (Å²) in [6, 6.07) is 8.32. The number of benzene rings is 1. The van der Waals surface area contributed by atoms with Gasteiger partial charge in [0.15, 0.2) is 0 Å². The van der Waals surface area contributed by atoms with E-state index in [-0.39, 0.29) is 5.91 Å². The maximum atomic E-state index is 12.5. The number of amides is 1. The molecule has 1 amide bonds. The molecule has 1 aliphatic rings. The molecule has 0 saturated carbocycles. The van der Waals surface area contributed by atoms with E-state index in [0.717, 1.165) is 48.5 Å². The van der Waals surface area contributed by atoms with Crippen LogP contribution in [0.3, 0.4) is 0 Å². The second-order valence-electron chi connectivity index (χ2n) is 7.29. The molecule has 1 N–H and O–H groups in total. The van der Waals surface area contributed by atoms with Gasteiger partial charge in [0.05, 0.1) is 38.8 Å². The van der Waals surface area contributed by atoms with Crippen molar-refractivity contribution in [3.63, 3.8) is 0 Å². The van der Waals surface area contributed by atoms with Crippen LogP contribution in [0.2, 0.25) is 0 Å². The van der Waals surface area contributed by atoms with E-state index in [1.165, 1.54) is 9.71 Å². The molecule has 0 atom stereocenters. The number of rotatable bonds is 4. The smallest absolute Gasteiger partial charge is 0.238 e. The van der Waals surface area contributed by atoms with Crippen LogP contribution in [0.15, 0.2) is 24.3 Å². The van der Waals surface area contributed by atoms with Gasteiger partial charge in [0, 0.05) is 13.0 Å². The Bertz CT molecular complexity index is 935. The summed E-state index contributed by atoms with van der Waals surface area (Å²) in [6.45, 7) is 6.18. The highest BCUT2D eigenvalue weighted by Crippen LogP contribution is 2.33. The first kappa shape index (κ1) is 18.1. The van der Waals surface area contributed by atoms with E-state index < -0.39 is 0 Å². The quantitative estimate of drug-likeness (QED) is 0.749. The van der Waals surface area contributed by atoms with Gasteiger partial charge in [-0.2, -0.15) is 5.10 Å². The molecule has 0 spiro atoms. The number of thiazole rings is 1. The lowest BCUT2D eigenvalue weighted by Crippen LogP contribution is -2.38. The standard InChI is InChI=1S/C20H25N5OS/c1-13-19(14(2)24(3)23-13)22-18(26)12-25-10-8-15(9-11-25)20-21-16-6-4-5-7-17(16)27-20/h4-7,15H,8-12H2,1-3H3,(H,22,26). The van der Waals surface area contributed by atoms with Crippen molar-refractivity contribution in [3.8, 4) is 0 Å². The fourth-order valence-corrected chi connectivity index (χ4v) is 4.88. The topological polar surface area (TPSA) is 63.1 Å². The highest BCUT2D eigenvalue weighted by atomic mass is 32.1. The maximum absolute atomic E-state index is 12.5. The van der Waals surface area contributed by atoms with Crippen LogP contribution < -0.4 is 5.32 Å². The first-order valence-corrected chi connectivity index (χ1v) is 10.2. The van der Waals surface area contributed by atoms with Gasteiger partial charge in [-0.15, -0.1) is 11.3 Å². The Kier molecular flexibility index (Phi) is 4.97. The van der Waals surface area contributed by atoms with Gasteiger partial charge < -0.3 is 5.32 Å². The molecule has 3 heterocycles. The first-order valence-electron chi connectivity index (χ1n) is 9.39. The van der Waals surface area contributed by atoms with Gasteiger partial charge in [0.1, 0.15) is 0 Å². The molecule has 1 aliphatic heterocycles. The summed E-state index contributed by atoms with van der Waals surface area (Å²) in [6.07, 6.45) is 2.11. The molecular weight excluding hydrogens is 358 g/mol. The molecule has 1 saturated heterocycles. The van der Waals surface area contributed by atoms with Gasteiger partial charge in [-0.3, -0.25) is 14.4 Å². The van der Waals surface area contributed by atoms with Crippen molar-refractivity contribution in [3.05, 3.63) is 40.7 Å². The fraction of sp³-hybridized carbons (Fsp3) is 0.450. The zero-order chi connectivity index (χ0) is 19.0. The summed E-state index contributed by atoms with van der Waals surface area (Å²) in [7, 11) is 1.89. The summed E-state index contributed by atoms with van der Waals surface area (Å²) in [5, 5.41) is 8.63. The van der Waals surface area contributed by atoms with E-state index in [1.54, 1.807) is 4.68 Å². The maximum Gasteiger partial charge on any atom is 0.238 e. The molecular formula is C20H25N5OS. The summed E-state index contributed by atoms with van der Waals surface area (Å²) >= 11 is 1.81. The Hall–Kier alpha value is -2.25. The third-order valence-electron chi connectivity index (χ3n) is 5.39. The van der Waals surface area contributed by atoms with Crippen molar-refractivity contribution in [2.75, 3.05) is 25.0 Å². The van der Waals surface area contributed by atoms with Gasteiger partial charge in [-0.1, -0.05) is 12.1 Å². The Morgan fingerprint density at radius 1 is 1.26 bits per heavy atom. The van der Waals surface area contributed by atoms with Crippen LogP contribution in [0.25, 0.3) is 10.2 Å². The molecule has 0 bridgehead atoms. The lowest BCUT2D eigenvalue weighted by Gasteiger charge is -2.30. The molecule has 1 fully saturated rings. The molecule has 2 aromatic heterocycles. The minimum Gasteiger partial charge on any atom is -0.322 e. The highest BCUT2D eigenvalue weighted by Gasteiger charge is 2.25. The van der Waals surface area contributed by atoms with Gasteiger partial charge in [-0.25, -0.2) is 4.98 Å². The van der Waals surface area contributed by atoms with Gasteiger partial charge in [0.25, 0.3) is 0 Å². The monoisotopic (exact) mass is 383 g/mol. The molecule has 3 aromatic rings. The normalized spacial score (nSPS) is 16.1. The minimum atomic E-state index is 0.0348. The zero-order valence-electron chi connectivity index (χ0n) is 16.0. The highest BCUT2D eigenvalue weighted by molar-refractivity contribution is 7.18. The van der Waals surface area contributed by atoms with E-state index in [9.17, 15) is 4.79 Å². The number of piperidine rings is 1. The second kappa shape index (κ2) is 7.40. The van der Waals surface area contributed by atoms with Crippen LogP contribution in [0.1, 0.15) is 35.2 Å². The number of nitrogens with one attached hydrogen (secondary N) is 1. The van der Waals surface area contributed by atoms with Gasteiger partial charge in [-0.05, 0) is 51.9 Å². The van der Waals surface area contributed by atoms with Crippen molar-refractivity contribution in [2.45, 2.75) is 32.6 Å². The number of carbonyl (C=O) groups is 1. The molecule has 6 nitrogen and oxygen atoms in total. The molecule has 0 aliphatic carbocycles. The number of para-hydroxylation sites is 1. The summed E-state index contributed by atoms with van der Waals surface area (Å²) in [5.74, 6) is 0.539. The lowest BCUT2D eigenvalue weighted by atomic mass is 9.97. The molecule has 7 heteroatoms. The Balaban J connectivity index is 1.33. The molecule has 0 unspecified atom stereocenters. The number of carbonyl (C=O) groups excluding carboxylic acids is 1. The predicted octanol–water partition coefficient (Wildman–Crippen LogP) is 3.46. The summed E-state index contributed by atoms with van der Waals surface area (Å²) < 4.78 is 3.06. The van der Waals surface area contributed by atoms with Crippen LogP contribution in [-0.4, -0.2) is 45.2 Å². The minimum absolute atomic E-state index is 0.0348. The average Bonchev–Trinajstić information content (AvgIpc) is 3.19. The van der Waals surface area contributed by atoms with Gasteiger partial charge >= 0.3 is 0 Å². The van der Waals surface area contributed by atoms with Crippen LogP contribution >= 0.6 is 11.3 Å². The molecule has 142 valence electrons.